The molecule has 1 heterocycles. The van der Waals surface area contributed by atoms with Crippen LogP contribution in [0.25, 0.3) is 11.3 Å². The van der Waals surface area contributed by atoms with E-state index in [2.05, 4.69) is 54.3 Å². The van der Waals surface area contributed by atoms with Crippen LogP contribution in [0.15, 0.2) is 18.2 Å². The fourth-order valence-electron chi connectivity index (χ4n) is 1.94. The van der Waals surface area contributed by atoms with Crippen LogP contribution >= 0.6 is 0 Å². The number of hydrogen-bond donors (Lipinski definition) is 2. The first-order valence-electron chi connectivity index (χ1n) is 5.89. The number of hydrogen-bond acceptors (Lipinski definition) is 2. The number of aryl methyl sites for hydroxylation is 3. The first-order valence-corrected chi connectivity index (χ1v) is 5.89. The summed E-state index contributed by atoms with van der Waals surface area (Å²) in [4.78, 5) is 7.93. The molecule has 2 rings (SSSR count). The minimum absolute atomic E-state index is 0.770. The lowest BCUT2D eigenvalue weighted by Gasteiger charge is -2.03. The Bertz CT molecular complexity index is 526. The Morgan fingerprint density at radius 2 is 1.94 bits per heavy atom. The van der Waals surface area contributed by atoms with Gasteiger partial charge in [0, 0.05) is 11.3 Å². The van der Waals surface area contributed by atoms with Crippen LogP contribution in [-0.4, -0.2) is 17.0 Å². The van der Waals surface area contributed by atoms with Crippen LogP contribution < -0.4 is 5.32 Å². The van der Waals surface area contributed by atoms with Crippen molar-refractivity contribution < 1.29 is 0 Å². The maximum atomic E-state index is 4.62. The molecule has 3 heteroatoms. The van der Waals surface area contributed by atoms with Crippen molar-refractivity contribution in [2.45, 2.75) is 27.3 Å². The molecule has 0 amide bonds. The molecular weight excluding hydrogens is 210 g/mol. The lowest BCUT2D eigenvalue weighted by atomic mass is 10.0. The topological polar surface area (TPSA) is 40.7 Å². The van der Waals surface area contributed by atoms with Crippen molar-refractivity contribution in [3.8, 4) is 11.3 Å². The molecule has 17 heavy (non-hydrogen) atoms. The fourth-order valence-corrected chi connectivity index (χ4v) is 1.94. The van der Waals surface area contributed by atoms with E-state index in [-0.39, 0.29) is 0 Å². The summed E-state index contributed by atoms with van der Waals surface area (Å²) in [5.74, 6) is 0.984. The summed E-state index contributed by atoms with van der Waals surface area (Å²) in [6, 6.07) is 6.48. The fraction of sp³-hybridized carbons (Fsp3) is 0.357. The predicted octanol–water partition coefficient (Wildman–Crippen LogP) is 2.72. The molecule has 0 saturated carbocycles. The molecule has 0 saturated heterocycles. The standard InChI is InChI=1S/C14H19N3/c1-9-5-6-12(7-10(9)2)14-11(3)16-13(17-14)8-15-4/h5-7,15H,8H2,1-4H3,(H,16,17). The zero-order chi connectivity index (χ0) is 12.4. The van der Waals surface area contributed by atoms with Crippen LogP contribution in [0.1, 0.15) is 22.6 Å². The number of benzene rings is 1. The number of aromatic nitrogens is 2. The summed E-state index contributed by atoms with van der Waals surface area (Å²) in [6.07, 6.45) is 0. The van der Waals surface area contributed by atoms with Gasteiger partial charge in [-0.05, 0) is 45.0 Å². The van der Waals surface area contributed by atoms with E-state index < -0.39 is 0 Å². The smallest absolute Gasteiger partial charge is 0.121 e. The Labute approximate surface area is 102 Å². The van der Waals surface area contributed by atoms with Crippen molar-refractivity contribution in [3.63, 3.8) is 0 Å². The summed E-state index contributed by atoms with van der Waals surface area (Å²) in [5.41, 5.74) is 5.98. The van der Waals surface area contributed by atoms with Gasteiger partial charge in [0.05, 0.1) is 12.2 Å². The molecule has 0 atom stereocenters. The number of H-pyrrole nitrogens is 1. The minimum Gasteiger partial charge on any atom is -0.344 e. The van der Waals surface area contributed by atoms with Crippen LogP contribution in [0.3, 0.4) is 0 Å². The highest BCUT2D eigenvalue weighted by Gasteiger charge is 2.09. The molecule has 1 aromatic heterocycles. The molecule has 0 radical (unpaired) electrons. The second kappa shape index (κ2) is 4.72. The van der Waals surface area contributed by atoms with Crippen LogP contribution in [0.5, 0.6) is 0 Å². The van der Waals surface area contributed by atoms with Gasteiger partial charge >= 0.3 is 0 Å². The van der Waals surface area contributed by atoms with Gasteiger partial charge in [-0.2, -0.15) is 0 Å². The first kappa shape index (κ1) is 11.9. The molecule has 0 bridgehead atoms. The number of aromatic amines is 1. The summed E-state index contributed by atoms with van der Waals surface area (Å²) < 4.78 is 0. The second-order valence-corrected chi connectivity index (χ2v) is 4.49. The van der Waals surface area contributed by atoms with Crippen molar-refractivity contribution >= 4 is 0 Å². The Hall–Kier alpha value is -1.61. The van der Waals surface area contributed by atoms with Crippen molar-refractivity contribution in [2.24, 2.45) is 0 Å². The van der Waals surface area contributed by atoms with E-state index >= 15 is 0 Å². The van der Waals surface area contributed by atoms with Crippen LogP contribution in [0, 0.1) is 20.8 Å². The molecule has 2 aromatic rings. The highest BCUT2D eigenvalue weighted by molar-refractivity contribution is 5.63. The SMILES string of the molecule is CNCc1nc(-c2ccc(C)c(C)c2)c(C)[nH]1. The zero-order valence-corrected chi connectivity index (χ0v) is 10.9. The molecule has 90 valence electrons. The van der Waals surface area contributed by atoms with Crippen molar-refractivity contribution in [2.75, 3.05) is 7.05 Å². The molecule has 0 unspecified atom stereocenters. The molecule has 0 aliphatic rings. The Morgan fingerprint density at radius 3 is 2.59 bits per heavy atom. The van der Waals surface area contributed by atoms with Gasteiger partial charge in [0.1, 0.15) is 5.82 Å². The summed E-state index contributed by atoms with van der Waals surface area (Å²) >= 11 is 0. The number of nitrogens with one attached hydrogen (secondary N) is 2. The summed E-state index contributed by atoms with van der Waals surface area (Å²) in [6.45, 7) is 7.10. The highest BCUT2D eigenvalue weighted by atomic mass is 15.0. The second-order valence-electron chi connectivity index (χ2n) is 4.49. The quantitative estimate of drug-likeness (QED) is 0.849. The molecule has 2 N–H and O–H groups in total. The molecule has 3 nitrogen and oxygen atoms in total. The van der Waals surface area contributed by atoms with Crippen LogP contribution in [-0.2, 0) is 6.54 Å². The Kier molecular flexibility index (Phi) is 3.29. The minimum atomic E-state index is 0.770. The highest BCUT2D eigenvalue weighted by Crippen LogP contribution is 2.23. The van der Waals surface area contributed by atoms with Gasteiger partial charge in [-0.1, -0.05) is 12.1 Å². The van der Waals surface area contributed by atoms with E-state index in [4.69, 9.17) is 0 Å². The number of rotatable bonds is 3. The maximum absolute atomic E-state index is 4.62. The van der Waals surface area contributed by atoms with Gasteiger partial charge < -0.3 is 10.3 Å². The van der Waals surface area contributed by atoms with Crippen LogP contribution in [0.4, 0.5) is 0 Å². The summed E-state index contributed by atoms with van der Waals surface area (Å²) in [7, 11) is 1.92. The van der Waals surface area contributed by atoms with Gasteiger partial charge in [0.25, 0.3) is 0 Å². The van der Waals surface area contributed by atoms with Gasteiger partial charge in [-0.15, -0.1) is 0 Å². The molecular formula is C14H19N3. The van der Waals surface area contributed by atoms with Gasteiger partial charge in [0.15, 0.2) is 0 Å². The number of imidazole rings is 1. The van der Waals surface area contributed by atoms with Crippen molar-refractivity contribution in [3.05, 3.63) is 40.8 Å². The van der Waals surface area contributed by atoms with E-state index in [0.29, 0.717) is 0 Å². The van der Waals surface area contributed by atoms with Crippen molar-refractivity contribution in [1.82, 2.24) is 15.3 Å². The normalized spacial score (nSPS) is 10.8. The van der Waals surface area contributed by atoms with Crippen molar-refractivity contribution in [1.29, 1.82) is 0 Å². The monoisotopic (exact) mass is 229 g/mol. The van der Waals surface area contributed by atoms with E-state index in [1.54, 1.807) is 0 Å². The summed E-state index contributed by atoms with van der Waals surface area (Å²) in [5, 5.41) is 3.10. The molecule has 1 aromatic carbocycles. The largest absolute Gasteiger partial charge is 0.344 e. The Morgan fingerprint density at radius 1 is 1.18 bits per heavy atom. The lowest BCUT2D eigenvalue weighted by Crippen LogP contribution is -2.06. The molecule has 0 aliphatic carbocycles. The van der Waals surface area contributed by atoms with Gasteiger partial charge in [-0.3, -0.25) is 0 Å². The third-order valence-electron chi connectivity index (χ3n) is 3.06. The third kappa shape index (κ3) is 2.39. The lowest BCUT2D eigenvalue weighted by molar-refractivity contribution is 0.770. The molecule has 0 aliphatic heterocycles. The first-order chi connectivity index (χ1) is 8.11. The molecule has 0 fully saturated rings. The average molecular weight is 229 g/mol. The zero-order valence-electron chi connectivity index (χ0n) is 10.9. The Balaban J connectivity index is 2.41. The van der Waals surface area contributed by atoms with E-state index in [9.17, 15) is 0 Å². The number of nitrogens with zero attached hydrogens (tertiary/aromatic N) is 1. The average Bonchev–Trinajstić information content (AvgIpc) is 2.64. The van der Waals surface area contributed by atoms with Gasteiger partial charge in [-0.25, -0.2) is 4.98 Å². The van der Waals surface area contributed by atoms with Crippen LogP contribution in [0.2, 0.25) is 0 Å². The molecule has 0 spiro atoms. The maximum Gasteiger partial charge on any atom is 0.121 e. The third-order valence-corrected chi connectivity index (χ3v) is 3.06. The van der Waals surface area contributed by atoms with E-state index in [1.807, 2.05) is 7.05 Å². The van der Waals surface area contributed by atoms with E-state index in [1.165, 1.54) is 16.7 Å². The van der Waals surface area contributed by atoms with E-state index in [0.717, 1.165) is 23.8 Å². The van der Waals surface area contributed by atoms with Gasteiger partial charge in [0.2, 0.25) is 0 Å². The predicted molar refractivity (Wildman–Crippen MR) is 71.0 cm³/mol.